The number of imidazole rings is 1. The van der Waals surface area contributed by atoms with E-state index in [9.17, 15) is 0 Å². The average molecular weight is 235 g/mol. The fourth-order valence-electron chi connectivity index (χ4n) is 2.29. The van der Waals surface area contributed by atoms with Crippen LogP contribution in [0.1, 0.15) is 43.2 Å². The summed E-state index contributed by atoms with van der Waals surface area (Å²) in [5.74, 6) is 1.42. The Morgan fingerprint density at radius 2 is 2.24 bits per heavy atom. The van der Waals surface area contributed by atoms with E-state index in [1.165, 1.54) is 6.20 Å². The Bertz CT molecular complexity index is 388. The van der Waals surface area contributed by atoms with Gasteiger partial charge in [-0.3, -0.25) is 0 Å². The zero-order chi connectivity index (χ0) is 12.3. The molecule has 0 aromatic carbocycles. The summed E-state index contributed by atoms with van der Waals surface area (Å²) in [6.45, 7) is 4.07. The molecule has 5 heteroatoms. The second kappa shape index (κ2) is 5.33. The minimum Gasteiger partial charge on any atom is -0.403 e. The van der Waals surface area contributed by atoms with Gasteiger partial charge < -0.3 is 21.4 Å². The predicted molar refractivity (Wildman–Crippen MR) is 69.2 cm³/mol. The largest absolute Gasteiger partial charge is 0.403 e. The molecule has 17 heavy (non-hydrogen) atoms. The van der Waals surface area contributed by atoms with Crippen molar-refractivity contribution in [3.63, 3.8) is 0 Å². The smallest absolute Gasteiger partial charge is 0.129 e. The number of piperidine rings is 1. The van der Waals surface area contributed by atoms with E-state index in [0.717, 1.165) is 37.4 Å². The van der Waals surface area contributed by atoms with Crippen LogP contribution in [0, 0.1) is 0 Å². The van der Waals surface area contributed by atoms with Crippen molar-refractivity contribution >= 4 is 6.20 Å². The van der Waals surface area contributed by atoms with Crippen molar-refractivity contribution in [2.45, 2.75) is 31.7 Å². The summed E-state index contributed by atoms with van der Waals surface area (Å²) in [7, 11) is 0. The monoisotopic (exact) mass is 235 g/mol. The quantitative estimate of drug-likeness (QED) is 0.722. The van der Waals surface area contributed by atoms with E-state index >= 15 is 0 Å². The molecule has 1 fully saturated rings. The van der Waals surface area contributed by atoms with Crippen LogP contribution in [-0.4, -0.2) is 22.6 Å². The highest BCUT2D eigenvalue weighted by molar-refractivity contribution is 5.28. The second-order valence-corrected chi connectivity index (χ2v) is 4.59. The molecule has 1 aliphatic rings. The number of hydrogen-bond acceptors (Lipinski definition) is 4. The maximum atomic E-state index is 5.92. The zero-order valence-corrected chi connectivity index (χ0v) is 10.3. The Kier molecular flexibility index (Phi) is 3.81. The summed E-state index contributed by atoms with van der Waals surface area (Å²) in [5, 5.41) is 3.36. The van der Waals surface area contributed by atoms with Gasteiger partial charge in [-0.1, -0.05) is 0 Å². The zero-order valence-electron chi connectivity index (χ0n) is 10.3. The van der Waals surface area contributed by atoms with E-state index < -0.39 is 0 Å². The highest BCUT2D eigenvalue weighted by Gasteiger charge is 2.20. The van der Waals surface area contributed by atoms with Gasteiger partial charge in [0.1, 0.15) is 5.82 Å². The molecule has 1 aromatic heterocycles. The van der Waals surface area contributed by atoms with Crippen LogP contribution in [-0.2, 0) is 0 Å². The SMILES string of the molecule is CC(N)c1nc(C2CCNCC2)cn1/C=C\N. The lowest BCUT2D eigenvalue weighted by atomic mass is 9.95. The molecule has 5 nitrogen and oxygen atoms in total. The molecule has 0 saturated carbocycles. The summed E-state index contributed by atoms with van der Waals surface area (Å²) in [6.07, 6.45) is 7.65. The van der Waals surface area contributed by atoms with Gasteiger partial charge in [0.15, 0.2) is 0 Å². The highest BCUT2D eigenvalue weighted by atomic mass is 15.1. The molecule has 1 aliphatic heterocycles. The summed E-state index contributed by atoms with van der Waals surface area (Å²) >= 11 is 0. The Morgan fingerprint density at radius 1 is 1.53 bits per heavy atom. The lowest BCUT2D eigenvalue weighted by Gasteiger charge is -2.20. The number of nitrogens with two attached hydrogens (primary N) is 2. The van der Waals surface area contributed by atoms with Crippen LogP contribution < -0.4 is 16.8 Å². The van der Waals surface area contributed by atoms with Gasteiger partial charge in [0.05, 0.1) is 11.7 Å². The molecule has 0 radical (unpaired) electrons. The molecule has 0 bridgehead atoms. The lowest BCUT2D eigenvalue weighted by Crippen LogP contribution is -2.26. The third-order valence-electron chi connectivity index (χ3n) is 3.19. The lowest BCUT2D eigenvalue weighted by molar-refractivity contribution is 0.453. The number of aromatic nitrogens is 2. The standard InChI is InChI=1S/C12H21N5/c1-9(14)12-16-11(8-17(12)7-4-13)10-2-5-15-6-3-10/h4,7-10,15H,2-3,5-6,13-14H2,1H3/b7-4-. The maximum absolute atomic E-state index is 5.92. The van der Waals surface area contributed by atoms with Crippen molar-refractivity contribution in [2.75, 3.05) is 13.1 Å². The Morgan fingerprint density at radius 3 is 2.82 bits per heavy atom. The molecule has 0 spiro atoms. The molecule has 2 rings (SSSR count). The first kappa shape index (κ1) is 12.1. The van der Waals surface area contributed by atoms with E-state index in [0.29, 0.717) is 5.92 Å². The molecule has 1 unspecified atom stereocenters. The molecule has 1 atom stereocenters. The Balaban J connectivity index is 2.25. The first-order chi connectivity index (χ1) is 8.22. The van der Waals surface area contributed by atoms with E-state index in [1.807, 2.05) is 11.5 Å². The van der Waals surface area contributed by atoms with Crippen LogP contribution in [0.15, 0.2) is 12.4 Å². The van der Waals surface area contributed by atoms with Crippen LogP contribution in [0.3, 0.4) is 0 Å². The van der Waals surface area contributed by atoms with Gasteiger partial charge in [0, 0.05) is 24.5 Å². The number of hydrogen-bond donors (Lipinski definition) is 3. The predicted octanol–water partition coefficient (Wildman–Crippen LogP) is 0.757. The summed E-state index contributed by atoms with van der Waals surface area (Å²) in [4.78, 5) is 4.66. The van der Waals surface area contributed by atoms with Crippen LogP contribution in [0.2, 0.25) is 0 Å². The number of nitrogens with zero attached hydrogens (tertiary/aromatic N) is 2. The van der Waals surface area contributed by atoms with E-state index in [4.69, 9.17) is 11.5 Å². The van der Waals surface area contributed by atoms with Gasteiger partial charge in [-0.15, -0.1) is 0 Å². The van der Waals surface area contributed by atoms with Gasteiger partial charge in [0.25, 0.3) is 0 Å². The molecular formula is C12H21N5. The highest BCUT2D eigenvalue weighted by Crippen LogP contribution is 2.25. The average Bonchev–Trinajstić information content (AvgIpc) is 2.75. The molecule has 2 heterocycles. The van der Waals surface area contributed by atoms with Crippen molar-refractivity contribution in [3.8, 4) is 0 Å². The molecule has 1 saturated heterocycles. The van der Waals surface area contributed by atoms with Crippen molar-refractivity contribution in [3.05, 3.63) is 23.9 Å². The molecule has 1 aromatic rings. The van der Waals surface area contributed by atoms with Crippen LogP contribution in [0.25, 0.3) is 6.20 Å². The minimum atomic E-state index is -0.0818. The second-order valence-electron chi connectivity index (χ2n) is 4.59. The summed E-state index contributed by atoms with van der Waals surface area (Å²) in [6, 6.07) is -0.0818. The fraction of sp³-hybridized carbons (Fsp3) is 0.583. The van der Waals surface area contributed by atoms with E-state index in [1.54, 1.807) is 6.20 Å². The topological polar surface area (TPSA) is 81.9 Å². The first-order valence-corrected chi connectivity index (χ1v) is 6.15. The number of rotatable bonds is 3. The fourth-order valence-corrected chi connectivity index (χ4v) is 2.29. The van der Waals surface area contributed by atoms with Gasteiger partial charge in [0.2, 0.25) is 0 Å². The number of nitrogens with one attached hydrogen (secondary N) is 1. The van der Waals surface area contributed by atoms with Gasteiger partial charge in [-0.25, -0.2) is 4.98 Å². The molecule has 0 aliphatic carbocycles. The van der Waals surface area contributed by atoms with Crippen LogP contribution in [0.5, 0.6) is 0 Å². The van der Waals surface area contributed by atoms with Crippen molar-refractivity contribution in [1.29, 1.82) is 0 Å². The van der Waals surface area contributed by atoms with Gasteiger partial charge in [-0.05, 0) is 32.9 Å². The third-order valence-corrected chi connectivity index (χ3v) is 3.19. The Hall–Kier alpha value is -1.33. The van der Waals surface area contributed by atoms with E-state index in [2.05, 4.69) is 16.5 Å². The van der Waals surface area contributed by atoms with Crippen LogP contribution >= 0.6 is 0 Å². The normalized spacial score (nSPS) is 19.9. The van der Waals surface area contributed by atoms with Gasteiger partial charge >= 0.3 is 0 Å². The first-order valence-electron chi connectivity index (χ1n) is 6.15. The molecule has 0 amide bonds. The molecule has 5 N–H and O–H groups in total. The van der Waals surface area contributed by atoms with E-state index in [-0.39, 0.29) is 6.04 Å². The summed E-state index contributed by atoms with van der Waals surface area (Å²) in [5.41, 5.74) is 12.5. The molecular weight excluding hydrogens is 214 g/mol. The minimum absolute atomic E-state index is 0.0818. The van der Waals surface area contributed by atoms with Crippen LogP contribution in [0.4, 0.5) is 0 Å². The Labute approximate surface area is 102 Å². The third kappa shape index (κ3) is 2.68. The van der Waals surface area contributed by atoms with Crippen molar-refractivity contribution in [2.24, 2.45) is 11.5 Å². The summed E-state index contributed by atoms with van der Waals surface area (Å²) < 4.78 is 1.93. The van der Waals surface area contributed by atoms with Crippen molar-refractivity contribution in [1.82, 2.24) is 14.9 Å². The van der Waals surface area contributed by atoms with Crippen molar-refractivity contribution < 1.29 is 0 Å². The van der Waals surface area contributed by atoms with Gasteiger partial charge in [-0.2, -0.15) is 0 Å². The molecule has 94 valence electrons. The maximum Gasteiger partial charge on any atom is 0.129 e.